The summed E-state index contributed by atoms with van der Waals surface area (Å²) in [5.41, 5.74) is 5.32. The molecule has 0 saturated carbocycles. The van der Waals surface area contributed by atoms with Gasteiger partial charge in [0.2, 0.25) is 5.91 Å². The third-order valence-corrected chi connectivity index (χ3v) is 3.07. The zero-order chi connectivity index (χ0) is 16.0. The Morgan fingerprint density at radius 3 is 2.62 bits per heavy atom. The lowest BCUT2D eigenvalue weighted by Gasteiger charge is -2.14. The number of primary amides is 1. The van der Waals surface area contributed by atoms with Crippen molar-refractivity contribution in [1.82, 2.24) is 5.32 Å². The summed E-state index contributed by atoms with van der Waals surface area (Å²) >= 11 is 3.26. The van der Waals surface area contributed by atoms with Crippen LogP contribution >= 0.6 is 15.9 Å². The molecule has 0 aliphatic rings. The van der Waals surface area contributed by atoms with E-state index in [1.165, 1.54) is 7.11 Å². The monoisotopic (exact) mass is 359 g/mol. The molecule has 0 aromatic heterocycles. The van der Waals surface area contributed by atoms with Gasteiger partial charge in [0, 0.05) is 11.8 Å². The first kappa shape index (κ1) is 16.8. The highest BCUT2D eigenvalue weighted by atomic mass is 79.9. The minimum Gasteiger partial charge on any atom is -0.495 e. The van der Waals surface area contributed by atoms with Gasteiger partial charge in [-0.15, -0.1) is 0 Å². The van der Waals surface area contributed by atoms with Crippen LogP contribution in [-0.2, 0) is 9.59 Å². The molecule has 0 bridgehead atoms. The number of rotatable bonds is 6. The Balaban J connectivity index is 2.72. The first-order valence-electron chi connectivity index (χ1n) is 5.75. The van der Waals surface area contributed by atoms with Crippen molar-refractivity contribution in [3.05, 3.63) is 22.7 Å². The second-order valence-electron chi connectivity index (χ2n) is 4.01. The van der Waals surface area contributed by atoms with E-state index in [4.69, 9.17) is 15.6 Å². The molecular weight excluding hydrogens is 346 g/mol. The number of halogens is 1. The Bertz CT molecular complexity index is 564. The van der Waals surface area contributed by atoms with E-state index in [2.05, 4.69) is 26.6 Å². The van der Waals surface area contributed by atoms with Crippen LogP contribution in [0.5, 0.6) is 5.75 Å². The Morgan fingerprint density at radius 2 is 2.10 bits per heavy atom. The summed E-state index contributed by atoms with van der Waals surface area (Å²) in [6.07, 6.45) is -0.494. The van der Waals surface area contributed by atoms with E-state index in [1.807, 2.05) is 0 Å². The van der Waals surface area contributed by atoms with Crippen LogP contribution in [-0.4, -0.2) is 36.2 Å². The molecule has 9 heteroatoms. The number of methoxy groups -OCH3 is 1. The summed E-state index contributed by atoms with van der Waals surface area (Å²) in [5, 5.41) is 13.5. The number of anilines is 1. The van der Waals surface area contributed by atoms with Crippen LogP contribution < -0.4 is 21.1 Å². The topological polar surface area (TPSA) is 131 Å². The van der Waals surface area contributed by atoms with Gasteiger partial charge in [0.05, 0.1) is 18.0 Å². The molecule has 1 aromatic rings. The van der Waals surface area contributed by atoms with Crippen molar-refractivity contribution >= 4 is 39.5 Å². The Hall–Kier alpha value is -2.29. The number of carbonyl (C=O) groups excluding carboxylic acids is 2. The van der Waals surface area contributed by atoms with Gasteiger partial charge >= 0.3 is 12.0 Å². The summed E-state index contributed by atoms with van der Waals surface area (Å²) in [6, 6.07) is 2.64. The van der Waals surface area contributed by atoms with Crippen LogP contribution in [0.4, 0.5) is 10.5 Å². The second-order valence-corrected chi connectivity index (χ2v) is 4.86. The van der Waals surface area contributed by atoms with Crippen molar-refractivity contribution in [3.8, 4) is 5.75 Å². The minimum atomic E-state index is -1.39. The molecular formula is C12H14BrN3O5. The van der Waals surface area contributed by atoms with Crippen LogP contribution in [0.15, 0.2) is 22.7 Å². The normalized spacial score (nSPS) is 11.3. The maximum Gasteiger partial charge on any atom is 0.326 e. The van der Waals surface area contributed by atoms with Crippen molar-refractivity contribution in [3.63, 3.8) is 0 Å². The largest absolute Gasteiger partial charge is 0.495 e. The van der Waals surface area contributed by atoms with Gasteiger partial charge in [-0.3, -0.25) is 4.79 Å². The summed E-state index contributed by atoms with van der Waals surface area (Å²) in [5.74, 6) is -1.68. The van der Waals surface area contributed by atoms with Crippen LogP contribution in [0.25, 0.3) is 0 Å². The van der Waals surface area contributed by atoms with Crippen LogP contribution in [0.1, 0.15) is 6.42 Å². The molecule has 1 rings (SSSR count). The minimum absolute atomic E-state index is 0.399. The lowest BCUT2D eigenvalue weighted by atomic mass is 10.2. The van der Waals surface area contributed by atoms with E-state index < -0.39 is 30.4 Å². The number of benzene rings is 1. The lowest BCUT2D eigenvalue weighted by Crippen LogP contribution is -2.45. The molecule has 1 aromatic carbocycles. The maximum absolute atomic E-state index is 11.7. The van der Waals surface area contributed by atoms with Gasteiger partial charge in [0.1, 0.15) is 11.8 Å². The predicted molar refractivity (Wildman–Crippen MR) is 78.1 cm³/mol. The van der Waals surface area contributed by atoms with Gasteiger partial charge in [0.15, 0.2) is 0 Å². The first-order valence-corrected chi connectivity index (χ1v) is 6.55. The standard InChI is InChI=1S/C12H14BrN3O5/c1-21-9-4-6(2-3-7(9)13)15-12(20)16-8(11(18)19)5-10(14)17/h2-4,8H,5H2,1H3,(H2,14,17)(H,18,19)(H2,15,16,20)/t8-/m1/s1. The van der Waals surface area contributed by atoms with E-state index in [0.29, 0.717) is 15.9 Å². The van der Waals surface area contributed by atoms with Gasteiger partial charge in [-0.25, -0.2) is 9.59 Å². The molecule has 0 aliphatic carbocycles. The number of nitrogens with one attached hydrogen (secondary N) is 2. The van der Waals surface area contributed by atoms with Gasteiger partial charge in [-0.05, 0) is 28.1 Å². The number of aliphatic carboxylic acids is 1. The summed E-state index contributed by atoms with van der Waals surface area (Å²) in [7, 11) is 1.47. The average Bonchev–Trinajstić information content (AvgIpc) is 2.39. The Morgan fingerprint density at radius 1 is 1.43 bits per heavy atom. The zero-order valence-corrected chi connectivity index (χ0v) is 12.6. The summed E-state index contributed by atoms with van der Waals surface area (Å²) < 4.78 is 5.77. The fraction of sp³-hybridized carbons (Fsp3) is 0.250. The first-order chi connectivity index (χ1) is 9.83. The van der Waals surface area contributed by atoms with Crippen LogP contribution in [0.3, 0.4) is 0 Å². The van der Waals surface area contributed by atoms with Gasteiger partial charge in [-0.1, -0.05) is 0 Å². The number of hydrogen-bond acceptors (Lipinski definition) is 4. The summed E-state index contributed by atoms with van der Waals surface area (Å²) in [6.45, 7) is 0. The molecule has 0 aliphatic heterocycles. The predicted octanol–water partition coefficient (Wildman–Crippen LogP) is 0.908. The van der Waals surface area contributed by atoms with Gasteiger partial charge in [-0.2, -0.15) is 0 Å². The number of nitrogens with two attached hydrogens (primary N) is 1. The molecule has 0 radical (unpaired) electrons. The number of urea groups is 1. The number of amides is 3. The number of hydrogen-bond donors (Lipinski definition) is 4. The molecule has 0 spiro atoms. The maximum atomic E-state index is 11.7. The molecule has 8 nitrogen and oxygen atoms in total. The van der Waals surface area contributed by atoms with Crippen molar-refractivity contribution in [2.45, 2.75) is 12.5 Å². The smallest absolute Gasteiger partial charge is 0.326 e. The quantitative estimate of drug-likeness (QED) is 0.599. The van der Waals surface area contributed by atoms with Gasteiger partial charge < -0.3 is 26.2 Å². The van der Waals surface area contributed by atoms with Crippen molar-refractivity contribution in [1.29, 1.82) is 0 Å². The number of ether oxygens (including phenoxy) is 1. The molecule has 1 atom stereocenters. The van der Waals surface area contributed by atoms with Crippen LogP contribution in [0.2, 0.25) is 0 Å². The Kier molecular flexibility index (Phi) is 5.97. The lowest BCUT2D eigenvalue weighted by molar-refractivity contribution is -0.140. The summed E-state index contributed by atoms with van der Waals surface area (Å²) in [4.78, 5) is 33.3. The number of carbonyl (C=O) groups is 3. The fourth-order valence-electron chi connectivity index (χ4n) is 1.46. The molecule has 21 heavy (non-hydrogen) atoms. The highest BCUT2D eigenvalue weighted by Crippen LogP contribution is 2.27. The molecule has 114 valence electrons. The van der Waals surface area contributed by atoms with Crippen LogP contribution in [0, 0.1) is 0 Å². The van der Waals surface area contributed by atoms with E-state index in [-0.39, 0.29) is 0 Å². The Labute approximate surface area is 128 Å². The van der Waals surface area contributed by atoms with E-state index in [0.717, 1.165) is 0 Å². The molecule has 0 saturated heterocycles. The molecule has 3 amide bonds. The zero-order valence-electron chi connectivity index (χ0n) is 11.1. The third kappa shape index (κ3) is 5.30. The van der Waals surface area contributed by atoms with Crippen molar-refractivity contribution < 1.29 is 24.2 Å². The molecule has 5 N–H and O–H groups in total. The van der Waals surface area contributed by atoms with Crippen molar-refractivity contribution in [2.75, 3.05) is 12.4 Å². The third-order valence-electron chi connectivity index (χ3n) is 2.42. The second kappa shape index (κ2) is 7.48. The highest BCUT2D eigenvalue weighted by Gasteiger charge is 2.22. The molecule has 0 heterocycles. The van der Waals surface area contributed by atoms with E-state index >= 15 is 0 Å². The van der Waals surface area contributed by atoms with E-state index in [1.54, 1.807) is 18.2 Å². The van der Waals surface area contributed by atoms with Crippen molar-refractivity contribution in [2.24, 2.45) is 5.73 Å². The number of carboxylic acids is 1. The average molecular weight is 360 g/mol. The number of carboxylic acid groups (broad SMARTS) is 1. The van der Waals surface area contributed by atoms with Gasteiger partial charge in [0.25, 0.3) is 0 Å². The fourth-order valence-corrected chi connectivity index (χ4v) is 1.87. The SMILES string of the molecule is COc1cc(NC(=O)N[C@H](CC(N)=O)C(=O)O)ccc1Br. The van der Waals surface area contributed by atoms with E-state index in [9.17, 15) is 14.4 Å². The molecule has 0 unspecified atom stereocenters. The highest BCUT2D eigenvalue weighted by molar-refractivity contribution is 9.10. The molecule has 0 fully saturated rings.